The fourth-order valence-corrected chi connectivity index (χ4v) is 5.19. The molecule has 0 aliphatic rings. The molecular weight excluding hydrogens is 410 g/mol. The minimum atomic E-state index is -1.16. The van der Waals surface area contributed by atoms with Crippen LogP contribution in [0.1, 0.15) is 57.1 Å². The summed E-state index contributed by atoms with van der Waals surface area (Å²) in [6, 6.07) is 19.8. The Labute approximate surface area is 184 Å². The largest absolute Gasteiger partial charge is 0.545 e. The monoisotopic (exact) mass is 432 g/mol. The van der Waals surface area contributed by atoms with Crippen molar-refractivity contribution in [2.45, 2.75) is 32.1 Å². The van der Waals surface area contributed by atoms with E-state index in [1.54, 1.807) is 40.9 Å². The van der Waals surface area contributed by atoms with Crippen LogP contribution < -0.4 is 5.11 Å². The van der Waals surface area contributed by atoms with Crippen molar-refractivity contribution in [2.24, 2.45) is 0 Å². The number of thiophene rings is 1. The highest BCUT2D eigenvalue weighted by atomic mass is 32.1. The number of nitrogens with zero attached hydrogens (tertiary/aromatic N) is 1. The zero-order chi connectivity index (χ0) is 21.1. The van der Waals surface area contributed by atoms with Crippen LogP contribution in [0, 0.1) is 0 Å². The molecule has 0 bridgehead atoms. The molecule has 0 saturated heterocycles. The molecule has 0 saturated carbocycles. The van der Waals surface area contributed by atoms with E-state index in [0.29, 0.717) is 5.92 Å². The van der Waals surface area contributed by atoms with E-state index in [9.17, 15) is 9.90 Å². The summed E-state index contributed by atoms with van der Waals surface area (Å²) in [4.78, 5) is 17.6. The van der Waals surface area contributed by atoms with Gasteiger partial charge in [-0.1, -0.05) is 62.4 Å². The van der Waals surface area contributed by atoms with E-state index in [4.69, 9.17) is 4.98 Å². The van der Waals surface area contributed by atoms with Gasteiger partial charge >= 0.3 is 0 Å². The number of carbonyl (C=O) groups is 1. The Morgan fingerprint density at radius 1 is 1.00 bits per heavy atom. The minimum absolute atomic E-state index is 0.00311. The molecule has 30 heavy (non-hydrogen) atoms. The van der Waals surface area contributed by atoms with Crippen molar-refractivity contribution >= 4 is 28.6 Å². The van der Waals surface area contributed by atoms with Crippen LogP contribution in [0.5, 0.6) is 0 Å². The molecule has 0 N–H and O–H groups in total. The first-order valence-corrected chi connectivity index (χ1v) is 11.7. The van der Waals surface area contributed by atoms with Gasteiger partial charge in [0.15, 0.2) is 0 Å². The third kappa shape index (κ3) is 4.53. The summed E-state index contributed by atoms with van der Waals surface area (Å²) in [5.74, 6) is -0.662. The summed E-state index contributed by atoms with van der Waals surface area (Å²) < 4.78 is 0. The first-order chi connectivity index (χ1) is 14.5. The predicted octanol–water partition coefficient (Wildman–Crippen LogP) is 5.73. The second kappa shape index (κ2) is 8.94. The van der Waals surface area contributed by atoms with Gasteiger partial charge in [0.25, 0.3) is 0 Å². The highest BCUT2D eigenvalue weighted by molar-refractivity contribution is 7.10. The van der Waals surface area contributed by atoms with E-state index >= 15 is 0 Å². The average Bonchev–Trinajstić information content (AvgIpc) is 3.44. The van der Waals surface area contributed by atoms with Gasteiger partial charge in [-0.3, -0.25) is 0 Å². The first kappa shape index (κ1) is 20.5. The zero-order valence-corrected chi connectivity index (χ0v) is 18.5. The molecule has 1 unspecified atom stereocenters. The van der Waals surface area contributed by atoms with Crippen LogP contribution in [0.2, 0.25) is 0 Å². The Kier molecular flexibility index (Phi) is 6.11. The molecule has 4 aromatic rings. The summed E-state index contributed by atoms with van der Waals surface area (Å²) >= 11 is 3.33. The van der Waals surface area contributed by atoms with Crippen molar-refractivity contribution in [3.63, 3.8) is 0 Å². The lowest BCUT2D eigenvalue weighted by atomic mass is 9.94. The lowest BCUT2D eigenvalue weighted by Crippen LogP contribution is -2.22. The third-order valence-corrected chi connectivity index (χ3v) is 7.06. The van der Waals surface area contributed by atoms with Gasteiger partial charge in [0.1, 0.15) is 5.01 Å². The predicted molar refractivity (Wildman–Crippen MR) is 122 cm³/mol. The van der Waals surface area contributed by atoms with Gasteiger partial charge in [-0.2, -0.15) is 0 Å². The van der Waals surface area contributed by atoms with Gasteiger partial charge in [0, 0.05) is 21.7 Å². The molecule has 0 spiro atoms. The molecule has 3 nitrogen and oxygen atoms in total. The Hall–Kier alpha value is -2.76. The Morgan fingerprint density at radius 3 is 2.47 bits per heavy atom. The number of aromatic carboxylic acids is 1. The zero-order valence-electron chi connectivity index (χ0n) is 16.9. The Morgan fingerprint density at radius 2 is 1.80 bits per heavy atom. The van der Waals surface area contributed by atoms with Gasteiger partial charge in [-0.15, -0.1) is 22.7 Å². The van der Waals surface area contributed by atoms with Crippen LogP contribution >= 0.6 is 22.7 Å². The molecule has 2 heterocycles. The van der Waals surface area contributed by atoms with E-state index in [2.05, 4.69) is 54.9 Å². The Balaban J connectivity index is 1.69. The molecule has 0 fully saturated rings. The van der Waals surface area contributed by atoms with E-state index < -0.39 is 5.97 Å². The molecule has 0 amide bonds. The summed E-state index contributed by atoms with van der Waals surface area (Å²) in [5, 5.41) is 16.5. The minimum Gasteiger partial charge on any atom is -0.545 e. The van der Waals surface area contributed by atoms with Crippen molar-refractivity contribution < 1.29 is 9.90 Å². The lowest BCUT2D eigenvalue weighted by Gasteiger charge is -2.16. The first-order valence-electron chi connectivity index (χ1n) is 9.90. The summed E-state index contributed by atoms with van der Waals surface area (Å²) in [7, 11) is 0. The standard InChI is InChI=1S/C25H23NO2S2/c1-16(2)17-8-10-18(11-9-17)23-15-30-24(26-23)22(14-21-7-4-12-29-21)19-5-3-6-20(13-19)25(27)28/h3-13,15-16,22H,14H2,1-2H3,(H,27,28)/p-1. The Bertz CT molecular complexity index is 1130. The van der Waals surface area contributed by atoms with Crippen molar-refractivity contribution in [3.05, 3.63) is 98.0 Å². The van der Waals surface area contributed by atoms with Gasteiger partial charge in [-0.05, 0) is 46.5 Å². The number of thiazole rings is 1. The highest BCUT2D eigenvalue weighted by Gasteiger charge is 2.20. The van der Waals surface area contributed by atoms with E-state index in [-0.39, 0.29) is 11.5 Å². The van der Waals surface area contributed by atoms with Crippen molar-refractivity contribution in [1.29, 1.82) is 0 Å². The molecular formula is C25H22NO2S2-. The second-order valence-electron chi connectivity index (χ2n) is 7.60. The van der Waals surface area contributed by atoms with Crippen LogP contribution in [0.4, 0.5) is 0 Å². The van der Waals surface area contributed by atoms with Crippen LogP contribution in [0.15, 0.2) is 71.4 Å². The number of rotatable bonds is 7. The number of carbonyl (C=O) groups excluding carboxylic acids is 1. The molecule has 5 heteroatoms. The van der Waals surface area contributed by atoms with Crippen molar-refractivity contribution in [3.8, 4) is 11.3 Å². The number of benzene rings is 2. The van der Waals surface area contributed by atoms with Gasteiger partial charge < -0.3 is 9.90 Å². The van der Waals surface area contributed by atoms with E-state index in [1.807, 2.05) is 12.1 Å². The fourth-order valence-electron chi connectivity index (χ4n) is 3.48. The quantitative estimate of drug-likeness (QED) is 0.375. The second-order valence-corrected chi connectivity index (χ2v) is 9.52. The van der Waals surface area contributed by atoms with E-state index in [0.717, 1.165) is 28.2 Å². The summed E-state index contributed by atoms with van der Waals surface area (Å²) in [6.45, 7) is 4.37. The fraction of sp³-hybridized carbons (Fsp3) is 0.200. The molecule has 2 aromatic heterocycles. The van der Waals surface area contributed by atoms with Crippen LogP contribution in [0.25, 0.3) is 11.3 Å². The molecule has 1 atom stereocenters. The van der Waals surface area contributed by atoms with Gasteiger partial charge in [0.05, 0.1) is 11.7 Å². The number of carboxylic acids is 1. The summed E-state index contributed by atoms with van der Waals surface area (Å²) in [6.07, 6.45) is 0.785. The van der Waals surface area contributed by atoms with Crippen molar-refractivity contribution in [1.82, 2.24) is 4.98 Å². The van der Waals surface area contributed by atoms with Gasteiger partial charge in [0.2, 0.25) is 0 Å². The smallest absolute Gasteiger partial charge is 0.101 e. The SMILES string of the molecule is CC(C)c1ccc(-c2csc(C(Cc3cccs3)c3cccc(C(=O)[O-])c3)n2)cc1. The summed E-state index contributed by atoms with van der Waals surface area (Å²) in [5.41, 5.74) is 4.51. The average molecular weight is 433 g/mol. The maximum absolute atomic E-state index is 11.4. The highest BCUT2D eigenvalue weighted by Crippen LogP contribution is 2.35. The normalized spacial score (nSPS) is 12.2. The number of aromatic nitrogens is 1. The maximum Gasteiger partial charge on any atom is 0.101 e. The van der Waals surface area contributed by atoms with Crippen molar-refractivity contribution in [2.75, 3.05) is 0 Å². The number of hydrogen-bond acceptors (Lipinski definition) is 5. The molecule has 152 valence electrons. The van der Waals surface area contributed by atoms with Gasteiger partial charge in [-0.25, -0.2) is 4.98 Å². The van der Waals surface area contributed by atoms with Crippen LogP contribution in [-0.2, 0) is 6.42 Å². The van der Waals surface area contributed by atoms with E-state index in [1.165, 1.54) is 10.4 Å². The molecule has 4 rings (SSSR count). The van der Waals surface area contributed by atoms with Crippen LogP contribution in [0.3, 0.4) is 0 Å². The maximum atomic E-state index is 11.4. The number of carboxylic acid groups (broad SMARTS) is 1. The number of hydrogen-bond donors (Lipinski definition) is 0. The molecule has 2 aromatic carbocycles. The molecule has 0 aliphatic carbocycles. The topological polar surface area (TPSA) is 53.0 Å². The molecule has 0 radical (unpaired) electrons. The lowest BCUT2D eigenvalue weighted by molar-refractivity contribution is -0.255. The van der Waals surface area contributed by atoms with Crippen LogP contribution in [-0.4, -0.2) is 11.0 Å². The third-order valence-electron chi connectivity index (χ3n) is 5.20. The molecule has 0 aliphatic heterocycles.